The van der Waals surface area contributed by atoms with Crippen LogP contribution >= 0.6 is 0 Å². The molecule has 19 heavy (non-hydrogen) atoms. The number of likely N-dealkylation sites (N-methyl/N-ethyl adjacent to an activating group) is 1. The van der Waals surface area contributed by atoms with E-state index in [1.165, 1.54) is 26.2 Å². The van der Waals surface area contributed by atoms with E-state index in [2.05, 4.69) is 28.7 Å². The van der Waals surface area contributed by atoms with E-state index in [0.717, 1.165) is 39.3 Å². The second kappa shape index (κ2) is 7.55. The minimum absolute atomic E-state index is 0.397. The largest absolute Gasteiger partial charge is 0.374 e. The zero-order valence-corrected chi connectivity index (χ0v) is 12.6. The third kappa shape index (κ3) is 5.00. The molecule has 2 aliphatic rings. The smallest absolute Gasteiger partial charge is 0.0829 e. The molecule has 2 atom stereocenters. The van der Waals surface area contributed by atoms with E-state index < -0.39 is 0 Å². The van der Waals surface area contributed by atoms with Crippen LogP contribution in [0.2, 0.25) is 0 Å². The molecule has 5 nitrogen and oxygen atoms in total. The van der Waals surface area contributed by atoms with Crippen molar-refractivity contribution in [1.29, 1.82) is 0 Å². The fourth-order valence-corrected chi connectivity index (χ4v) is 2.93. The molecule has 2 unspecified atom stereocenters. The maximum absolute atomic E-state index is 5.85. The van der Waals surface area contributed by atoms with Gasteiger partial charge in [-0.15, -0.1) is 0 Å². The summed E-state index contributed by atoms with van der Waals surface area (Å²) in [5, 5.41) is 0. The summed E-state index contributed by atoms with van der Waals surface area (Å²) in [7, 11) is 2.18. The Morgan fingerprint density at radius 1 is 1.16 bits per heavy atom. The molecule has 0 radical (unpaired) electrons. The molecule has 0 aliphatic carbocycles. The first-order chi connectivity index (χ1) is 9.17. The van der Waals surface area contributed by atoms with Gasteiger partial charge in [0.25, 0.3) is 0 Å². The lowest BCUT2D eigenvalue weighted by atomic mass is 10.1. The van der Waals surface area contributed by atoms with Crippen molar-refractivity contribution in [2.24, 2.45) is 11.7 Å². The first-order valence-corrected chi connectivity index (χ1v) is 7.62. The van der Waals surface area contributed by atoms with Crippen LogP contribution in [-0.4, -0.2) is 93.4 Å². The number of piperazine rings is 1. The van der Waals surface area contributed by atoms with Gasteiger partial charge in [-0.25, -0.2) is 0 Å². The van der Waals surface area contributed by atoms with Crippen LogP contribution in [0, 0.1) is 5.92 Å². The van der Waals surface area contributed by atoms with Crippen LogP contribution in [0.25, 0.3) is 0 Å². The first-order valence-electron chi connectivity index (χ1n) is 7.62. The topological polar surface area (TPSA) is 45.0 Å². The highest BCUT2D eigenvalue weighted by Crippen LogP contribution is 2.09. The van der Waals surface area contributed by atoms with Crippen molar-refractivity contribution in [3.05, 3.63) is 0 Å². The highest BCUT2D eigenvalue weighted by Gasteiger charge is 2.23. The van der Waals surface area contributed by atoms with Crippen molar-refractivity contribution >= 4 is 0 Å². The maximum atomic E-state index is 5.85. The molecule has 0 aromatic heterocycles. The van der Waals surface area contributed by atoms with E-state index in [9.17, 15) is 0 Å². The summed E-state index contributed by atoms with van der Waals surface area (Å²) >= 11 is 0. The molecule has 0 bridgehead atoms. The van der Waals surface area contributed by atoms with Gasteiger partial charge in [-0.2, -0.15) is 0 Å². The maximum Gasteiger partial charge on any atom is 0.0829 e. The lowest BCUT2D eigenvalue weighted by Gasteiger charge is -2.39. The Labute approximate surface area is 117 Å². The molecule has 2 rings (SSSR count). The van der Waals surface area contributed by atoms with Gasteiger partial charge in [0.1, 0.15) is 0 Å². The molecular formula is C14H30N4O. The van der Waals surface area contributed by atoms with Crippen molar-refractivity contribution in [2.45, 2.75) is 13.0 Å². The Balaban J connectivity index is 1.65. The minimum atomic E-state index is 0.397. The third-order valence-corrected chi connectivity index (χ3v) is 4.24. The summed E-state index contributed by atoms with van der Waals surface area (Å²) in [6.07, 6.45) is 0.397. The average Bonchev–Trinajstić information content (AvgIpc) is 2.41. The summed E-state index contributed by atoms with van der Waals surface area (Å²) in [6.45, 7) is 13.0. The van der Waals surface area contributed by atoms with Crippen LogP contribution in [0.15, 0.2) is 0 Å². The molecule has 0 aromatic carbocycles. The second-order valence-corrected chi connectivity index (χ2v) is 6.20. The quantitative estimate of drug-likeness (QED) is 0.732. The zero-order valence-electron chi connectivity index (χ0n) is 12.6. The van der Waals surface area contributed by atoms with Gasteiger partial charge in [0.2, 0.25) is 0 Å². The predicted octanol–water partition coefficient (Wildman–Crippen LogP) is -0.471. The normalized spacial score (nSPS) is 29.5. The van der Waals surface area contributed by atoms with Gasteiger partial charge in [0.15, 0.2) is 0 Å². The van der Waals surface area contributed by atoms with E-state index in [4.69, 9.17) is 10.5 Å². The van der Waals surface area contributed by atoms with Crippen LogP contribution in [0.1, 0.15) is 6.92 Å². The van der Waals surface area contributed by atoms with Gasteiger partial charge in [-0.3, -0.25) is 4.90 Å². The molecule has 2 fully saturated rings. The number of ether oxygens (including phenoxy) is 1. The van der Waals surface area contributed by atoms with Crippen LogP contribution in [-0.2, 0) is 4.74 Å². The Kier molecular flexibility index (Phi) is 6.04. The molecule has 0 saturated carbocycles. The lowest BCUT2D eigenvalue weighted by molar-refractivity contribution is -0.0413. The molecule has 2 aliphatic heterocycles. The highest BCUT2D eigenvalue weighted by molar-refractivity contribution is 4.78. The van der Waals surface area contributed by atoms with Crippen LogP contribution in [0.5, 0.6) is 0 Å². The van der Waals surface area contributed by atoms with Gasteiger partial charge in [-0.05, 0) is 19.5 Å². The number of nitrogens with zero attached hydrogens (tertiary/aromatic N) is 3. The molecule has 0 amide bonds. The summed E-state index contributed by atoms with van der Waals surface area (Å²) in [6, 6.07) is 0. The number of morpholine rings is 1. The van der Waals surface area contributed by atoms with E-state index in [-0.39, 0.29) is 0 Å². The van der Waals surface area contributed by atoms with Crippen molar-refractivity contribution < 1.29 is 4.74 Å². The Bertz CT molecular complexity index is 256. The highest BCUT2D eigenvalue weighted by atomic mass is 16.5. The van der Waals surface area contributed by atoms with E-state index >= 15 is 0 Å². The number of rotatable bonds is 5. The summed E-state index contributed by atoms with van der Waals surface area (Å²) in [5.41, 5.74) is 5.69. The standard InChI is InChI=1S/C14H30N4O/c1-13(9-15)10-17-3-5-18(6-4-17)12-14-11-16(2)7-8-19-14/h13-14H,3-12,15H2,1-2H3. The number of nitrogens with two attached hydrogens (primary N) is 1. The Morgan fingerprint density at radius 2 is 1.84 bits per heavy atom. The van der Waals surface area contributed by atoms with Crippen molar-refractivity contribution in [3.63, 3.8) is 0 Å². The second-order valence-electron chi connectivity index (χ2n) is 6.20. The van der Waals surface area contributed by atoms with Gasteiger partial charge < -0.3 is 20.3 Å². The number of hydrogen-bond donors (Lipinski definition) is 1. The number of hydrogen-bond acceptors (Lipinski definition) is 5. The fourth-order valence-electron chi connectivity index (χ4n) is 2.93. The Morgan fingerprint density at radius 3 is 2.47 bits per heavy atom. The summed E-state index contributed by atoms with van der Waals surface area (Å²) in [5.74, 6) is 0.613. The molecular weight excluding hydrogens is 240 g/mol. The fraction of sp³-hybridized carbons (Fsp3) is 1.00. The van der Waals surface area contributed by atoms with Crippen molar-refractivity contribution in [3.8, 4) is 0 Å². The molecule has 0 spiro atoms. The van der Waals surface area contributed by atoms with Crippen molar-refractivity contribution in [2.75, 3.05) is 72.6 Å². The first kappa shape index (κ1) is 15.2. The monoisotopic (exact) mass is 270 g/mol. The molecule has 0 aromatic rings. The lowest BCUT2D eigenvalue weighted by Crippen LogP contribution is -2.52. The van der Waals surface area contributed by atoms with Gasteiger partial charge >= 0.3 is 0 Å². The molecule has 5 heteroatoms. The van der Waals surface area contributed by atoms with E-state index in [0.29, 0.717) is 12.0 Å². The minimum Gasteiger partial charge on any atom is -0.374 e. The van der Waals surface area contributed by atoms with Crippen LogP contribution in [0.3, 0.4) is 0 Å². The van der Waals surface area contributed by atoms with Crippen molar-refractivity contribution in [1.82, 2.24) is 14.7 Å². The molecule has 2 saturated heterocycles. The molecule has 2 N–H and O–H groups in total. The summed E-state index contributed by atoms with van der Waals surface area (Å²) < 4.78 is 5.85. The van der Waals surface area contributed by atoms with Crippen LogP contribution < -0.4 is 5.73 Å². The van der Waals surface area contributed by atoms with Gasteiger partial charge in [0, 0.05) is 52.4 Å². The predicted molar refractivity (Wildman–Crippen MR) is 78.3 cm³/mol. The van der Waals surface area contributed by atoms with E-state index in [1.54, 1.807) is 0 Å². The van der Waals surface area contributed by atoms with E-state index in [1.807, 2.05) is 0 Å². The average molecular weight is 270 g/mol. The zero-order chi connectivity index (χ0) is 13.7. The van der Waals surface area contributed by atoms with Gasteiger partial charge in [-0.1, -0.05) is 6.92 Å². The summed E-state index contributed by atoms with van der Waals surface area (Å²) in [4.78, 5) is 7.46. The SMILES string of the molecule is CC(CN)CN1CCN(CC2CN(C)CCO2)CC1. The third-order valence-electron chi connectivity index (χ3n) is 4.24. The van der Waals surface area contributed by atoms with Crippen LogP contribution in [0.4, 0.5) is 0 Å². The molecule has 2 heterocycles. The molecule has 112 valence electrons. The Hall–Kier alpha value is -0.200. The van der Waals surface area contributed by atoms with Gasteiger partial charge in [0.05, 0.1) is 12.7 Å².